The molecule has 1 fully saturated rings. The molecule has 3 rings (SSSR count). The lowest BCUT2D eigenvalue weighted by molar-refractivity contribution is -0.136. The first kappa shape index (κ1) is 35.5. The number of nitrogens with one attached hydrogen (secondary N) is 1. The summed E-state index contributed by atoms with van der Waals surface area (Å²) >= 11 is 0. The second kappa shape index (κ2) is 20.3. The number of nitrogens with two attached hydrogens (primary N) is 1. The Labute approximate surface area is 250 Å². The molecule has 1 atom stereocenters. The Morgan fingerprint density at radius 1 is 0.690 bits per heavy atom. The molecule has 0 spiro atoms. The van der Waals surface area contributed by atoms with Crippen LogP contribution < -0.4 is 15.8 Å². The fourth-order valence-electron chi connectivity index (χ4n) is 4.04. The summed E-state index contributed by atoms with van der Waals surface area (Å²) in [6, 6.07) is 3.55. The highest BCUT2D eigenvalue weighted by Gasteiger charge is 2.44. The lowest BCUT2D eigenvalue weighted by Crippen LogP contribution is -2.54. The zero-order valence-corrected chi connectivity index (χ0v) is 24.4. The molecule has 42 heavy (non-hydrogen) atoms. The third-order valence-electron chi connectivity index (χ3n) is 6.03. The molecule has 0 saturated carbocycles. The zero-order valence-electron chi connectivity index (χ0n) is 23.5. The summed E-state index contributed by atoms with van der Waals surface area (Å²) in [7, 11) is 0. The van der Waals surface area contributed by atoms with E-state index in [-0.39, 0.29) is 43.0 Å². The minimum absolute atomic E-state index is 0. The van der Waals surface area contributed by atoms with Gasteiger partial charge in [0.25, 0.3) is 11.8 Å². The standard InChI is InChI=1S/C27H39N3O11.ClH/c28-5-6-35-7-8-36-9-10-37-11-12-38-13-14-39-15-16-40-17-18-41-20-1-2-21-22(19-20)27(34)30(26(21)33)23-3-4-24(31)29-25(23)32;/h1-2,19,23H,3-18,28H2,(H,29,31,32);1H. The molecule has 2 aliphatic heterocycles. The van der Waals surface area contributed by atoms with Crippen molar-refractivity contribution in [3.05, 3.63) is 29.3 Å². The maximum Gasteiger partial charge on any atom is 0.262 e. The highest BCUT2D eigenvalue weighted by molar-refractivity contribution is 6.23. The normalized spacial score (nSPS) is 16.4. The van der Waals surface area contributed by atoms with Crippen LogP contribution in [-0.2, 0) is 38.0 Å². The summed E-state index contributed by atoms with van der Waals surface area (Å²) < 4.78 is 38.0. The first-order chi connectivity index (χ1) is 20.0. The van der Waals surface area contributed by atoms with Crippen LogP contribution in [-0.4, -0.2) is 127 Å². The first-order valence-electron chi connectivity index (χ1n) is 13.7. The van der Waals surface area contributed by atoms with Gasteiger partial charge < -0.3 is 38.9 Å². The molecule has 14 nitrogen and oxygen atoms in total. The fourth-order valence-corrected chi connectivity index (χ4v) is 4.04. The number of rotatable bonds is 22. The van der Waals surface area contributed by atoms with Crippen molar-refractivity contribution >= 4 is 36.0 Å². The van der Waals surface area contributed by atoms with Gasteiger partial charge in [0, 0.05) is 13.0 Å². The second-order valence-electron chi connectivity index (χ2n) is 8.97. The third kappa shape index (κ3) is 11.5. The maximum atomic E-state index is 12.9. The highest BCUT2D eigenvalue weighted by atomic mass is 35.5. The Bertz CT molecular complexity index is 1010. The molecule has 236 valence electrons. The lowest BCUT2D eigenvalue weighted by atomic mass is 10.0. The van der Waals surface area contributed by atoms with Crippen molar-refractivity contribution in [2.45, 2.75) is 18.9 Å². The van der Waals surface area contributed by atoms with E-state index in [1.807, 2.05) is 0 Å². The van der Waals surface area contributed by atoms with E-state index >= 15 is 0 Å². The lowest BCUT2D eigenvalue weighted by Gasteiger charge is -2.27. The van der Waals surface area contributed by atoms with Gasteiger partial charge in [-0.2, -0.15) is 0 Å². The van der Waals surface area contributed by atoms with Gasteiger partial charge in [-0.05, 0) is 24.6 Å². The molecule has 0 bridgehead atoms. The summed E-state index contributed by atoms with van der Waals surface area (Å²) in [6.45, 7) is 6.20. The largest absolute Gasteiger partial charge is 0.491 e. The van der Waals surface area contributed by atoms with E-state index in [9.17, 15) is 19.2 Å². The van der Waals surface area contributed by atoms with Crippen molar-refractivity contribution < 1.29 is 52.3 Å². The molecule has 4 amide bonds. The van der Waals surface area contributed by atoms with E-state index in [0.717, 1.165) is 4.90 Å². The highest BCUT2D eigenvalue weighted by Crippen LogP contribution is 2.30. The number of nitrogens with zero attached hydrogens (tertiary/aromatic N) is 1. The van der Waals surface area contributed by atoms with Gasteiger partial charge in [0.1, 0.15) is 18.4 Å². The van der Waals surface area contributed by atoms with Crippen LogP contribution in [0, 0.1) is 0 Å². The number of carbonyl (C=O) groups is 4. The Kier molecular flexibility index (Phi) is 17.1. The fraction of sp³-hybridized carbons (Fsp3) is 0.630. The van der Waals surface area contributed by atoms with Crippen molar-refractivity contribution in [2.24, 2.45) is 5.73 Å². The molecule has 1 aromatic rings. The van der Waals surface area contributed by atoms with Crippen LogP contribution in [0.5, 0.6) is 5.75 Å². The van der Waals surface area contributed by atoms with Crippen molar-refractivity contribution in [3.8, 4) is 5.75 Å². The van der Waals surface area contributed by atoms with Crippen LogP contribution in [0.15, 0.2) is 18.2 Å². The minimum atomic E-state index is -1.01. The molecule has 0 aliphatic carbocycles. The Balaban J connectivity index is 0.00000616. The van der Waals surface area contributed by atoms with Gasteiger partial charge in [-0.3, -0.25) is 29.4 Å². The Morgan fingerprint density at radius 3 is 1.67 bits per heavy atom. The summed E-state index contributed by atoms with van der Waals surface area (Å²) in [5.74, 6) is -1.81. The number of fused-ring (bicyclic) bond motifs is 1. The quantitative estimate of drug-likeness (QED) is 0.131. The molecule has 0 radical (unpaired) electrons. The average Bonchev–Trinajstić information content (AvgIpc) is 3.21. The predicted molar refractivity (Wildman–Crippen MR) is 150 cm³/mol. The number of hydrogen-bond donors (Lipinski definition) is 2. The molecule has 0 aromatic heterocycles. The molecule has 3 N–H and O–H groups in total. The van der Waals surface area contributed by atoms with Gasteiger partial charge in [0.2, 0.25) is 11.8 Å². The molecule has 1 unspecified atom stereocenters. The van der Waals surface area contributed by atoms with Gasteiger partial charge in [0.05, 0.1) is 90.4 Å². The van der Waals surface area contributed by atoms with E-state index in [1.165, 1.54) is 12.1 Å². The minimum Gasteiger partial charge on any atom is -0.491 e. The van der Waals surface area contributed by atoms with Crippen LogP contribution >= 0.6 is 12.4 Å². The summed E-state index contributed by atoms with van der Waals surface area (Å²) in [4.78, 5) is 50.1. The summed E-state index contributed by atoms with van der Waals surface area (Å²) in [6.07, 6.45) is 0.171. The van der Waals surface area contributed by atoms with Gasteiger partial charge in [-0.25, -0.2) is 0 Å². The molecule has 1 aromatic carbocycles. The summed E-state index contributed by atoms with van der Waals surface area (Å²) in [5.41, 5.74) is 5.68. The number of ether oxygens (including phenoxy) is 7. The van der Waals surface area contributed by atoms with E-state index in [2.05, 4.69) is 5.32 Å². The molecule has 2 heterocycles. The van der Waals surface area contributed by atoms with E-state index in [1.54, 1.807) is 6.07 Å². The van der Waals surface area contributed by atoms with Crippen molar-refractivity contribution in [1.29, 1.82) is 0 Å². The SMILES string of the molecule is Cl.NCCOCCOCCOCCOCCOCCOCCOc1ccc2c(c1)C(=O)N(C1CCC(=O)NC1=O)C2=O. The van der Waals surface area contributed by atoms with E-state index in [0.29, 0.717) is 91.6 Å². The van der Waals surface area contributed by atoms with Gasteiger partial charge >= 0.3 is 0 Å². The molecular formula is C27H40ClN3O11. The van der Waals surface area contributed by atoms with E-state index in [4.69, 9.17) is 38.9 Å². The summed E-state index contributed by atoms with van der Waals surface area (Å²) in [5, 5.41) is 2.17. The van der Waals surface area contributed by atoms with Crippen LogP contribution in [0.25, 0.3) is 0 Å². The van der Waals surface area contributed by atoms with Crippen LogP contribution in [0.4, 0.5) is 0 Å². The third-order valence-corrected chi connectivity index (χ3v) is 6.03. The van der Waals surface area contributed by atoms with E-state index < -0.39 is 29.7 Å². The first-order valence-corrected chi connectivity index (χ1v) is 13.7. The molecule has 2 aliphatic rings. The number of halogens is 1. The Morgan fingerprint density at radius 2 is 1.17 bits per heavy atom. The average molecular weight is 618 g/mol. The topological polar surface area (TPSA) is 174 Å². The number of hydrogen-bond acceptors (Lipinski definition) is 12. The number of amides is 4. The monoisotopic (exact) mass is 617 g/mol. The molecule has 1 saturated heterocycles. The Hall–Kier alpha value is -2.69. The maximum absolute atomic E-state index is 12.9. The van der Waals surface area contributed by atoms with Gasteiger partial charge in [-0.1, -0.05) is 0 Å². The number of carbonyl (C=O) groups excluding carboxylic acids is 4. The van der Waals surface area contributed by atoms with Crippen molar-refractivity contribution in [1.82, 2.24) is 10.2 Å². The molecular weight excluding hydrogens is 578 g/mol. The number of piperidine rings is 1. The van der Waals surface area contributed by atoms with Crippen LogP contribution in [0.2, 0.25) is 0 Å². The van der Waals surface area contributed by atoms with Crippen molar-refractivity contribution in [3.63, 3.8) is 0 Å². The van der Waals surface area contributed by atoms with Gasteiger partial charge in [-0.15, -0.1) is 12.4 Å². The molecule has 15 heteroatoms. The number of imide groups is 2. The smallest absolute Gasteiger partial charge is 0.262 e. The zero-order chi connectivity index (χ0) is 29.3. The predicted octanol–water partition coefficient (Wildman–Crippen LogP) is -0.0533. The van der Waals surface area contributed by atoms with Gasteiger partial charge in [0.15, 0.2) is 0 Å². The van der Waals surface area contributed by atoms with Crippen LogP contribution in [0.3, 0.4) is 0 Å². The second-order valence-corrected chi connectivity index (χ2v) is 8.97. The number of benzene rings is 1. The van der Waals surface area contributed by atoms with Crippen LogP contribution in [0.1, 0.15) is 33.6 Å². The van der Waals surface area contributed by atoms with Crippen molar-refractivity contribution in [2.75, 3.05) is 92.4 Å².